The topological polar surface area (TPSA) is 95.5 Å². The van der Waals surface area contributed by atoms with Gasteiger partial charge in [-0.15, -0.1) is 0 Å². The summed E-state index contributed by atoms with van der Waals surface area (Å²) in [7, 11) is 0. The Kier molecular flexibility index (Phi) is 9.62. The van der Waals surface area contributed by atoms with E-state index in [1.54, 1.807) is 22.2 Å². The normalized spacial score (nSPS) is 19.7. The van der Waals surface area contributed by atoms with Crippen LogP contribution in [0.3, 0.4) is 0 Å². The van der Waals surface area contributed by atoms with Crippen molar-refractivity contribution >= 4 is 17.7 Å². The van der Waals surface area contributed by atoms with Crippen LogP contribution in [-0.4, -0.2) is 49.6 Å². The van der Waals surface area contributed by atoms with E-state index in [9.17, 15) is 14.4 Å². The Balaban J connectivity index is 1.62. The van der Waals surface area contributed by atoms with Crippen LogP contribution in [-0.2, 0) is 16.1 Å². The van der Waals surface area contributed by atoms with Gasteiger partial charge in [0.25, 0.3) is 5.91 Å². The van der Waals surface area contributed by atoms with Crippen LogP contribution in [0, 0.1) is 11.8 Å². The average Bonchev–Trinajstić information content (AvgIpc) is 2.96. The number of carbonyl (C=O) groups excluding carboxylic acids is 3. The van der Waals surface area contributed by atoms with Crippen molar-refractivity contribution in [2.45, 2.75) is 83.8 Å². The van der Waals surface area contributed by atoms with Gasteiger partial charge in [-0.05, 0) is 36.7 Å². The molecule has 1 fully saturated rings. The standard InChI is InChI=1S/C30H39N5O3/c1-3-4-11-22(2)27-30(38)34(21-23-12-7-5-8-13-23)18-19-35(27)29(37)26(24-14-9-6-10-15-24)33-28(36)25-20-31-16-17-32-25/h5,7-8,12-13,16-20,22,24,26-27H,3-4,6,9-11,14-15,21H2,1-2H3,(H,33,36)/t22-,26-,27+/m0/s1. The fourth-order valence-electron chi connectivity index (χ4n) is 5.57. The summed E-state index contributed by atoms with van der Waals surface area (Å²) in [5, 5.41) is 2.98. The van der Waals surface area contributed by atoms with Gasteiger partial charge in [0.2, 0.25) is 11.8 Å². The molecule has 0 unspecified atom stereocenters. The van der Waals surface area contributed by atoms with Crippen molar-refractivity contribution in [2.75, 3.05) is 0 Å². The molecule has 1 aromatic heterocycles. The smallest absolute Gasteiger partial charge is 0.272 e. The molecule has 0 spiro atoms. The number of amides is 3. The molecule has 3 atom stereocenters. The van der Waals surface area contributed by atoms with Crippen molar-refractivity contribution in [1.29, 1.82) is 0 Å². The van der Waals surface area contributed by atoms with Gasteiger partial charge in [-0.3, -0.25) is 19.4 Å². The number of hydrogen-bond donors (Lipinski definition) is 1. The molecular formula is C30H39N5O3. The maximum atomic E-state index is 14.2. The quantitative estimate of drug-likeness (QED) is 0.493. The lowest BCUT2D eigenvalue weighted by Gasteiger charge is -2.41. The summed E-state index contributed by atoms with van der Waals surface area (Å²) in [6, 6.07) is 8.50. The highest BCUT2D eigenvalue weighted by Gasteiger charge is 2.42. The maximum absolute atomic E-state index is 14.2. The Morgan fingerprint density at radius 2 is 1.84 bits per heavy atom. The number of nitrogens with zero attached hydrogens (tertiary/aromatic N) is 4. The molecule has 8 nitrogen and oxygen atoms in total. The van der Waals surface area contributed by atoms with Crippen molar-refractivity contribution in [2.24, 2.45) is 11.8 Å². The van der Waals surface area contributed by atoms with Crippen LogP contribution in [0.25, 0.3) is 0 Å². The van der Waals surface area contributed by atoms with Gasteiger partial charge in [0.05, 0.1) is 12.7 Å². The van der Waals surface area contributed by atoms with Crippen molar-refractivity contribution in [1.82, 2.24) is 25.1 Å². The van der Waals surface area contributed by atoms with E-state index in [0.717, 1.165) is 56.9 Å². The second-order valence-corrected chi connectivity index (χ2v) is 10.5. The molecule has 8 heteroatoms. The van der Waals surface area contributed by atoms with Crippen LogP contribution in [0.15, 0.2) is 61.3 Å². The number of hydrogen-bond acceptors (Lipinski definition) is 5. The largest absolute Gasteiger partial charge is 0.339 e. The SMILES string of the molecule is CCCC[C@H](C)[C@@H]1C(=O)N(Cc2ccccc2)C=CN1C(=O)[C@@H](NC(=O)c1cnccn1)C1CCCCC1. The van der Waals surface area contributed by atoms with E-state index in [4.69, 9.17) is 0 Å². The first-order chi connectivity index (χ1) is 18.5. The van der Waals surface area contributed by atoms with Gasteiger partial charge >= 0.3 is 0 Å². The number of rotatable bonds is 10. The Hall–Kier alpha value is -3.55. The first-order valence-electron chi connectivity index (χ1n) is 13.9. The van der Waals surface area contributed by atoms with E-state index in [1.807, 2.05) is 37.3 Å². The molecule has 1 saturated carbocycles. The predicted molar refractivity (Wildman–Crippen MR) is 145 cm³/mol. The van der Waals surface area contributed by atoms with Gasteiger partial charge in [0, 0.05) is 24.8 Å². The second-order valence-electron chi connectivity index (χ2n) is 10.5. The van der Waals surface area contributed by atoms with Crippen molar-refractivity contribution in [3.8, 4) is 0 Å². The van der Waals surface area contributed by atoms with Crippen molar-refractivity contribution in [3.63, 3.8) is 0 Å². The Morgan fingerprint density at radius 1 is 1.08 bits per heavy atom. The zero-order valence-corrected chi connectivity index (χ0v) is 22.5. The lowest BCUT2D eigenvalue weighted by atomic mass is 9.82. The average molecular weight is 518 g/mol. The summed E-state index contributed by atoms with van der Waals surface area (Å²) in [6.07, 6.45) is 15.5. The van der Waals surface area contributed by atoms with E-state index in [2.05, 4.69) is 22.2 Å². The molecule has 2 heterocycles. The minimum atomic E-state index is -0.733. The molecule has 0 saturated heterocycles. The fourth-order valence-corrected chi connectivity index (χ4v) is 5.57. The molecule has 0 radical (unpaired) electrons. The number of carbonyl (C=O) groups is 3. The van der Waals surface area contributed by atoms with Gasteiger partial charge in [0.15, 0.2) is 0 Å². The molecule has 4 rings (SSSR count). The second kappa shape index (κ2) is 13.3. The van der Waals surface area contributed by atoms with Gasteiger partial charge in [-0.1, -0.05) is 76.3 Å². The van der Waals surface area contributed by atoms with Crippen LogP contribution in [0.1, 0.15) is 81.3 Å². The number of nitrogens with one attached hydrogen (secondary N) is 1. The summed E-state index contributed by atoms with van der Waals surface area (Å²) < 4.78 is 0. The van der Waals surface area contributed by atoms with E-state index >= 15 is 0 Å². The molecule has 1 aromatic carbocycles. The number of aromatic nitrogens is 2. The molecule has 2 aliphatic rings. The summed E-state index contributed by atoms with van der Waals surface area (Å²) >= 11 is 0. The minimum absolute atomic E-state index is 0.00863. The van der Waals surface area contributed by atoms with E-state index < -0.39 is 18.0 Å². The van der Waals surface area contributed by atoms with Crippen molar-refractivity contribution in [3.05, 3.63) is 72.6 Å². The zero-order valence-electron chi connectivity index (χ0n) is 22.5. The summed E-state index contributed by atoms with van der Waals surface area (Å²) in [5.41, 5.74) is 1.20. The Morgan fingerprint density at radius 3 is 2.53 bits per heavy atom. The molecule has 0 bridgehead atoms. The summed E-state index contributed by atoms with van der Waals surface area (Å²) in [4.78, 5) is 52.6. The molecule has 2 aromatic rings. The monoisotopic (exact) mass is 517 g/mol. The molecule has 38 heavy (non-hydrogen) atoms. The summed E-state index contributed by atoms with van der Waals surface area (Å²) in [5.74, 6) is -0.760. The Bertz CT molecular complexity index is 1100. The molecule has 1 N–H and O–H groups in total. The third-order valence-electron chi connectivity index (χ3n) is 7.71. The maximum Gasteiger partial charge on any atom is 0.272 e. The van der Waals surface area contributed by atoms with Crippen molar-refractivity contribution < 1.29 is 14.4 Å². The fraction of sp³-hybridized carbons (Fsp3) is 0.500. The molecule has 1 aliphatic carbocycles. The molecule has 202 valence electrons. The van der Waals surface area contributed by atoms with Crippen LogP contribution < -0.4 is 5.32 Å². The zero-order chi connectivity index (χ0) is 26.9. The molecule has 3 amide bonds. The third kappa shape index (κ3) is 6.65. The lowest BCUT2D eigenvalue weighted by Crippen LogP contribution is -2.59. The molecular weight excluding hydrogens is 478 g/mol. The van der Waals surface area contributed by atoms with Gasteiger partial charge < -0.3 is 15.1 Å². The highest BCUT2D eigenvalue weighted by molar-refractivity contribution is 5.98. The third-order valence-corrected chi connectivity index (χ3v) is 7.71. The van der Waals surface area contributed by atoms with Gasteiger partial charge in [0.1, 0.15) is 17.8 Å². The lowest BCUT2D eigenvalue weighted by molar-refractivity contribution is -0.147. The van der Waals surface area contributed by atoms with Gasteiger partial charge in [-0.2, -0.15) is 0 Å². The number of benzene rings is 1. The first kappa shape index (κ1) is 27.5. The minimum Gasteiger partial charge on any atom is -0.339 e. The number of unbranched alkanes of at least 4 members (excludes halogenated alkanes) is 1. The van der Waals surface area contributed by atoms with E-state index in [0.29, 0.717) is 6.54 Å². The highest BCUT2D eigenvalue weighted by Crippen LogP contribution is 2.31. The summed E-state index contributed by atoms with van der Waals surface area (Å²) in [6.45, 7) is 4.62. The Labute approximate surface area is 225 Å². The van der Waals surface area contributed by atoms with E-state index in [1.165, 1.54) is 18.6 Å². The predicted octanol–water partition coefficient (Wildman–Crippen LogP) is 4.69. The first-order valence-corrected chi connectivity index (χ1v) is 13.9. The highest BCUT2D eigenvalue weighted by atomic mass is 16.2. The van der Waals surface area contributed by atoms with Crippen LogP contribution >= 0.6 is 0 Å². The van der Waals surface area contributed by atoms with Crippen LogP contribution in [0.4, 0.5) is 0 Å². The van der Waals surface area contributed by atoms with Gasteiger partial charge in [-0.25, -0.2) is 4.98 Å². The van der Waals surface area contributed by atoms with E-state index in [-0.39, 0.29) is 29.3 Å². The van der Waals surface area contributed by atoms with Crippen LogP contribution in [0.5, 0.6) is 0 Å². The molecule has 1 aliphatic heterocycles. The van der Waals surface area contributed by atoms with Crippen LogP contribution in [0.2, 0.25) is 0 Å².